The van der Waals surface area contributed by atoms with Gasteiger partial charge in [0.1, 0.15) is 0 Å². The van der Waals surface area contributed by atoms with Crippen molar-refractivity contribution in [2.75, 3.05) is 6.61 Å². The van der Waals surface area contributed by atoms with E-state index in [1.807, 2.05) is 6.92 Å². The fourth-order valence-corrected chi connectivity index (χ4v) is 2.21. The van der Waals surface area contributed by atoms with Crippen molar-refractivity contribution >= 4 is 5.97 Å². The Labute approximate surface area is 126 Å². The van der Waals surface area contributed by atoms with Crippen LogP contribution in [0.15, 0.2) is 12.2 Å². The number of esters is 1. The molecule has 0 saturated heterocycles. The molecule has 2 heteroatoms. The third-order valence-corrected chi connectivity index (χ3v) is 3.45. The monoisotopic (exact) mass is 282 g/mol. The predicted molar refractivity (Wildman–Crippen MR) is 86.9 cm³/mol. The number of carbonyl (C=O) groups excluding carboxylic acids is 1. The lowest BCUT2D eigenvalue weighted by atomic mass is 10.1. The van der Waals surface area contributed by atoms with Crippen LogP contribution in [0.1, 0.15) is 90.9 Å². The summed E-state index contributed by atoms with van der Waals surface area (Å²) in [7, 11) is 0. The second kappa shape index (κ2) is 16.3. The van der Waals surface area contributed by atoms with Gasteiger partial charge in [0.05, 0.1) is 6.61 Å². The first-order valence-corrected chi connectivity index (χ1v) is 8.61. The lowest BCUT2D eigenvalue weighted by Crippen LogP contribution is -2.03. The lowest BCUT2D eigenvalue weighted by molar-refractivity contribution is -0.143. The molecule has 0 fully saturated rings. The quantitative estimate of drug-likeness (QED) is 0.228. The number of allylic oxidation sites excluding steroid dienone is 2. The van der Waals surface area contributed by atoms with Gasteiger partial charge in [-0.2, -0.15) is 0 Å². The second-order valence-corrected chi connectivity index (χ2v) is 5.43. The van der Waals surface area contributed by atoms with Gasteiger partial charge in [0.25, 0.3) is 0 Å². The molecular weight excluding hydrogens is 248 g/mol. The molecule has 0 atom stereocenters. The normalized spacial score (nSPS) is 11.1. The Morgan fingerprint density at radius 1 is 0.800 bits per heavy atom. The van der Waals surface area contributed by atoms with Crippen LogP contribution in [0.5, 0.6) is 0 Å². The van der Waals surface area contributed by atoms with Crippen LogP contribution in [0.3, 0.4) is 0 Å². The molecule has 0 N–H and O–H groups in total. The van der Waals surface area contributed by atoms with Gasteiger partial charge in [0, 0.05) is 6.42 Å². The molecule has 0 aromatic heterocycles. The topological polar surface area (TPSA) is 26.3 Å². The molecule has 0 radical (unpaired) electrons. The Morgan fingerprint density at radius 2 is 1.35 bits per heavy atom. The van der Waals surface area contributed by atoms with E-state index in [4.69, 9.17) is 4.74 Å². The van der Waals surface area contributed by atoms with Crippen molar-refractivity contribution in [2.45, 2.75) is 90.9 Å². The van der Waals surface area contributed by atoms with E-state index in [9.17, 15) is 4.79 Å². The summed E-state index contributed by atoms with van der Waals surface area (Å²) in [5.74, 6) is -0.0395. The summed E-state index contributed by atoms with van der Waals surface area (Å²) < 4.78 is 4.90. The summed E-state index contributed by atoms with van der Waals surface area (Å²) in [5.41, 5.74) is 0. The smallest absolute Gasteiger partial charge is 0.305 e. The zero-order chi connectivity index (χ0) is 14.9. The summed E-state index contributed by atoms with van der Waals surface area (Å²) in [6.45, 7) is 4.60. The molecule has 0 amide bonds. The molecule has 0 unspecified atom stereocenters. The van der Waals surface area contributed by atoms with Crippen LogP contribution in [-0.2, 0) is 9.53 Å². The standard InChI is InChI=1S/C18H34O2/c1-3-5-6-7-8-9-10-11-12-13-14-15-16-17-18(19)20-4-2/h7-8H,3-6,9-17H2,1-2H3/b8-7+. The van der Waals surface area contributed by atoms with Gasteiger partial charge in [-0.25, -0.2) is 0 Å². The van der Waals surface area contributed by atoms with Crippen LogP contribution in [0.25, 0.3) is 0 Å². The summed E-state index contributed by atoms with van der Waals surface area (Å²) in [5, 5.41) is 0. The Balaban J connectivity index is 3.09. The SMILES string of the molecule is CCCC/C=C/CCCCCCCCCC(=O)OCC. The molecule has 2 nitrogen and oxygen atoms in total. The van der Waals surface area contributed by atoms with Gasteiger partial charge in [0.2, 0.25) is 0 Å². The van der Waals surface area contributed by atoms with Crippen LogP contribution >= 0.6 is 0 Å². The number of carbonyl (C=O) groups is 1. The third kappa shape index (κ3) is 15.3. The molecule has 0 heterocycles. The van der Waals surface area contributed by atoms with Gasteiger partial charge in [-0.3, -0.25) is 4.79 Å². The van der Waals surface area contributed by atoms with Crippen LogP contribution in [0.4, 0.5) is 0 Å². The van der Waals surface area contributed by atoms with Crippen molar-refractivity contribution in [3.05, 3.63) is 12.2 Å². The molecule has 0 saturated carbocycles. The predicted octanol–water partition coefficient (Wildman–Crippen LogP) is 5.81. The average Bonchev–Trinajstić information content (AvgIpc) is 2.44. The van der Waals surface area contributed by atoms with Crippen molar-refractivity contribution < 1.29 is 9.53 Å². The molecular formula is C18H34O2. The summed E-state index contributed by atoms with van der Waals surface area (Å²) in [6, 6.07) is 0. The first-order valence-electron chi connectivity index (χ1n) is 8.61. The van der Waals surface area contributed by atoms with Crippen LogP contribution in [0.2, 0.25) is 0 Å². The van der Waals surface area contributed by atoms with Crippen LogP contribution in [0, 0.1) is 0 Å². The molecule has 0 aliphatic carbocycles. The number of hydrogen-bond donors (Lipinski definition) is 0. The van der Waals surface area contributed by atoms with Gasteiger partial charge < -0.3 is 4.74 Å². The van der Waals surface area contributed by atoms with Gasteiger partial charge in [-0.1, -0.05) is 64.0 Å². The first kappa shape index (κ1) is 19.2. The van der Waals surface area contributed by atoms with Crippen molar-refractivity contribution in [1.29, 1.82) is 0 Å². The molecule has 0 bridgehead atoms. The fourth-order valence-electron chi connectivity index (χ4n) is 2.21. The van der Waals surface area contributed by atoms with E-state index in [1.54, 1.807) is 0 Å². The maximum atomic E-state index is 11.1. The Bertz CT molecular complexity index is 234. The molecule has 0 spiro atoms. The van der Waals surface area contributed by atoms with Crippen LogP contribution < -0.4 is 0 Å². The van der Waals surface area contributed by atoms with Gasteiger partial charge >= 0.3 is 5.97 Å². The lowest BCUT2D eigenvalue weighted by Gasteiger charge is -2.02. The van der Waals surface area contributed by atoms with E-state index in [1.165, 1.54) is 57.8 Å². The van der Waals surface area contributed by atoms with Crippen molar-refractivity contribution in [2.24, 2.45) is 0 Å². The zero-order valence-electron chi connectivity index (χ0n) is 13.7. The minimum absolute atomic E-state index is 0.0395. The van der Waals surface area contributed by atoms with Gasteiger partial charge in [-0.15, -0.1) is 0 Å². The van der Waals surface area contributed by atoms with E-state index >= 15 is 0 Å². The highest BCUT2D eigenvalue weighted by atomic mass is 16.5. The molecule has 0 aliphatic rings. The van der Waals surface area contributed by atoms with Crippen LogP contribution in [-0.4, -0.2) is 12.6 Å². The third-order valence-electron chi connectivity index (χ3n) is 3.45. The molecule has 118 valence electrons. The van der Waals surface area contributed by atoms with Crippen molar-refractivity contribution in [1.82, 2.24) is 0 Å². The fraction of sp³-hybridized carbons (Fsp3) is 0.833. The Morgan fingerprint density at radius 3 is 1.95 bits per heavy atom. The van der Waals surface area contributed by atoms with Gasteiger partial charge in [-0.05, 0) is 32.6 Å². The van der Waals surface area contributed by atoms with E-state index in [-0.39, 0.29) is 5.97 Å². The number of hydrogen-bond acceptors (Lipinski definition) is 2. The second-order valence-electron chi connectivity index (χ2n) is 5.43. The number of rotatable bonds is 14. The summed E-state index contributed by atoms with van der Waals surface area (Å²) in [4.78, 5) is 11.1. The zero-order valence-corrected chi connectivity index (χ0v) is 13.7. The highest BCUT2D eigenvalue weighted by molar-refractivity contribution is 5.69. The highest BCUT2D eigenvalue weighted by Crippen LogP contribution is 2.10. The maximum Gasteiger partial charge on any atom is 0.305 e. The maximum absolute atomic E-state index is 11.1. The molecule has 0 rings (SSSR count). The van der Waals surface area contributed by atoms with Crippen molar-refractivity contribution in [3.63, 3.8) is 0 Å². The summed E-state index contributed by atoms with van der Waals surface area (Å²) >= 11 is 0. The number of unbranched alkanes of at least 4 members (excludes halogenated alkanes) is 9. The van der Waals surface area contributed by atoms with E-state index in [2.05, 4.69) is 19.1 Å². The number of ether oxygens (including phenoxy) is 1. The first-order chi connectivity index (χ1) is 9.81. The molecule has 0 aliphatic heterocycles. The molecule has 0 aromatic carbocycles. The van der Waals surface area contributed by atoms with E-state index < -0.39 is 0 Å². The molecule has 20 heavy (non-hydrogen) atoms. The Kier molecular flexibility index (Phi) is 15.6. The average molecular weight is 282 g/mol. The van der Waals surface area contributed by atoms with Gasteiger partial charge in [0.15, 0.2) is 0 Å². The largest absolute Gasteiger partial charge is 0.466 e. The minimum Gasteiger partial charge on any atom is -0.466 e. The minimum atomic E-state index is -0.0395. The molecule has 0 aromatic rings. The van der Waals surface area contributed by atoms with Crippen molar-refractivity contribution in [3.8, 4) is 0 Å². The Hall–Kier alpha value is -0.790. The van der Waals surface area contributed by atoms with E-state index in [0.717, 1.165) is 12.8 Å². The summed E-state index contributed by atoms with van der Waals surface area (Å²) in [6.07, 6.45) is 19.1. The van der Waals surface area contributed by atoms with E-state index in [0.29, 0.717) is 13.0 Å². The highest BCUT2D eigenvalue weighted by Gasteiger charge is 2.00.